The molecule has 8 nitrogen and oxygen atoms in total. The molecular weight excluding hydrogens is 248 g/mol. The van der Waals surface area contributed by atoms with Gasteiger partial charge in [-0.05, 0) is 18.9 Å². The van der Waals surface area contributed by atoms with Crippen LogP contribution in [0.4, 0.5) is 5.82 Å². The number of aliphatic hydroxyl groups is 2. The van der Waals surface area contributed by atoms with E-state index in [0.29, 0.717) is 29.9 Å². The van der Waals surface area contributed by atoms with Crippen LogP contribution in [0.1, 0.15) is 12.5 Å². The van der Waals surface area contributed by atoms with E-state index in [1.54, 1.807) is 10.9 Å². The van der Waals surface area contributed by atoms with Crippen LogP contribution >= 0.6 is 0 Å². The number of rotatable bonds is 2. The second kappa shape index (κ2) is 4.41. The van der Waals surface area contributed by atoms with Crippen molar-refractivity contribution in [3.8, 4) is 0 Å². The predicted molar refractivity (Wildman–Crippen MR) is 67.9 cm³/mol. The van der Waals surface area contributed by atoms with Gasteiger partial charge in [-0.3, -0.25) is 0 Å². The van der Waals surface area contributed by atoms with Crippen LogP contribution in [0.15, 0.2) is 12.7 Å². The zero-order valence-electron chi connectivity index (χ0n) is 10.2. The van der Waals surface area contributed by atoms with Crippen LogP contribution in [0, 0.1) is 5.92 Å². The zero-order chi connectivity index (χ0) is 13.6. The first-order valence-electron chi connectivity index (χ1n) is 6.12. The van der Waals surface area contributed by atoms with Gasteiger partial charge in [0.25, 0.3) is 0 Å². The number of nitrogens with zero attached hydrogens (tertiary/aromatic N) is 4. The molecule has 0 spiro atoms. The number of hydrogen-bond acceptors (Lipinski definition) is 7. The van der Waals surface area contributed by atoms with Crippen molar-refractivity contribution in [3.63, 3.8) is 0 Å². The van der Waals surface area contributed by atoms with Gasteiger partial charge in [-0.2, -0.15) is 0 Å². The summed E-state index contributed by atoms with van der Waals surface area (Å²) in [6.07, 6.45) is 1.70. The molecule has 1 aliphatic carbocycles. The Kier molecular flexibility index (Phi) is 2.85. The van der Waals surface area contributed by atoms with Crippen molar-refractivity contribution < 1.29 is 10.2 Å². The molecule has 6 N–H and O–H groups in total. The largest absolute Gasteiger partial charge is 0.390 e. The molecule has 2 aromatic rings. The van der Waals surface area contributed by atoms with Gasteiger partial charge in [0.2, 0.25) is 0 Å². The molecule has 0 bridgehead atoms. The van der Waals surface area contributed by atoms with Crippen LogP contribution in [-0.2, 0) is 0 Å². The van der Waals surface area contributed by atoms with Crippen molar-refractivity contribution in [3.05, 3.63) is 12.7 Å². The van der Waals surface area contributed by atoms with Crippen LogP contribution in [0.3, 0.4) is 0 Å². The highest BCUT2D eigenvalue weighted by molar-refractivity contribution is 5.81. The van der Waals surface area contributed by atoms with Crippen LogP contribution in [0.5, 0.6) is 0 Å². The monoisotopic (exact) mass is 264 g/mol. The average Bonchev–Trinajstić information content (AvgIpc) is 2.93. The van der Waals surface area contributed by atoms with Crippen molar-refractivity contribution >= 4 is 17.0 Å². The minimum Gasteiger partial charge on any atom is -0.390 e. The van der Waals surface area contributed by atoms with Crippen molar-refractivity contribution in [2.75, 3.05) is 12.3 Å². The number of aromatic nitrogens is 4. The molecule has 0 radical (unpaired) electrons. The van der Waals surface area contributed by atoms with Crippen LogP contribution in [0.25, 0.3) is 11.2 Å². The van der Waals surface area contributed by atoms with Gasteiger partial charge in [-0.1, -0.05) is 0 Å². The topological polar surface area (TPSA) is 136 Å². The Morgan fingerprint density at radius 1 is 1.32 bits per heavy atom. The molecule has 0 aromatic carbocycles. The van der Waals surface area contributed by atoms with Gasteiger partial charge in [0.1, 0.15) is 17.9 Å². The van der Waals surface area contributed by atoms with Gasteiger partial charge in [0, 0.05) is 0 Å². The molecule has 2 aromatic heterocycles. The van der Waals surface area contributed by atoms with E-state index in [9.17, 15) is 10.2 Å². The third-order valence-corrected chi connectivity index (χ3v) is 3.78. The van der Waals surface area contributed by atoms with Crippen molar-refractivity contribution in [1.82, 2.24) is 19.5 Å². The minimum absolute atomic E-state index is 0.0291. The fourth-order valence-corrected chi connectivity index (χ4v) is 2.81. The number of nitrogens with two attached hydrogens (primary N) is 2. The van der Waals surface area contributed by atoms with E-state index in [1.165, 1.54) is 6.33 Å². The summed E-state index contributed by atoms with van der Waals surface area (Å²) < 4.78 is 1.73. The Morgan fingerprint density at radius 2 is 2.11 bits per heavy atom. The minimum atomic E-state index is -0.887. The molecule has 0 unspecified atom stereocenters. The second-order valence-corrected chi connectivity index (χ2v) is 4.86. The summed E-state index contributed by atoms with van der Waals surface area (Å²) in [7, 11) is 0. The summed E-state index contributed by atoms with van der Waals surface area (Å²) in [6, 6.07) is -0.348. The maximum Gasteiger partial charge on any atom is 0.165 e. The van der Waals surface area contributed by atoms with Crippen molar-refractivity contribution in [2.45, 2.75) is 24.7 Å². The summed E-state index contributed by atoms with van der Waals surface area (Å²) in [5.41, 5.74) is 12.5. The van der Waals surface area contributed by atoms with E-state index in [0.717, 1.165) is 0 Å². The SMILES string of the molecule is NC[C@H]1C[C@@H](O)[C@@H](O)[C@@H]1n1cnc2c(N)ncnc21. The van der Waals surface area contributed by atoms with Gasteiger partial charge in [-0.15, -0.1) is 0 Å². The molecule has 0 aliphatic heterocycles. The lowest BCUT2D eigenvalue weighted by atomic mass is 10.0. The molecule has 102 valence electrons. The van der Waals surface area contributed by atoms with Crippen LogP contribution in [0.2, 0.25) is 0 Å². The number of hydrogen-bond donors (Lipinski definition) is 4. The number of imidazole rings is 1. The number of fused-ring (bicyclic) bond motifs is 1. The fraction of sp³-hybridized carbons (Fsp3) is 0.545. The van der Waals surface area contributed by atoms with Crippen molar-refractivity contribution in [1.29, 1.82) is 0 Å². The summed E-state index contributed by atoms with van der Waals surface area (Å²) in [6.45, 7) is 0.374. The predicted octanol–water partition coefficient (Wildman–Crippen LogP) is -1.35. The molecule has 0 amide bonds. The highest BCUT2D eigenvalue weighted by Gasteiger charge is 2.42. The third-order valence-electron chi connectivity index (χ3n) is 3.78. The molecule has 8 heteroatoms. The summed E-state index contributed by atoms with van der Waals surface area (Å²) >= 11 is 0. The fourth-order valence-electron chi connectivity index (χ4n) is 2.81. The Bertz CT molecular complexity index is 600. The molecule has 4 atom stereocenters. The standard InChI is InChI=1S/C11H16N6O2/c12-2-5-1-6(18)9(19)8(5)17-4-16-7-10(13)14-3-15-11(7)17/h3-6,8-9,18-19H,1-2,12H2,(H2,13,14,15)/t5-,6-,8-,9-/m1/s1. The van der Waals surface area contributed by atoms with E-state index in [-0.39, 0.29) is 12.0 Å². The first-order chi connectivity index (χ1) is 9.13. The first kappa shape index (κ1) is 12.3. The lowest BCUT2D eigenvalue weighted by Crippen LogP contribution is -2.30. The summed E-state index contributed by atoms with van der Waals surface area (Å²) in [5.74, 6) is 0.264. The maximum atomic E-state index is 10.1. The highest BCUT2D eigenvalue weighted by Crippen LogP contribution is 2.37. The van der Waals surface area contributed by atoms with Gasteiger partial charge in [0.05, 0.1) is 18.5 Å². The number of anilines is 1. The van der Waals surface area contributed by atoms with Gasteiger partial charge in [0.15, 0.2) is 11.5 Å². The number of nitrogen functional groups attached to an aromatic ring is 1. The van der Waals surface area contributed by atoms with E-state index >= 15 is 0 Å². The molecule has 19 heavy (non-hydrogen) atoms. The lowest BCUT2D eigenvalue weighted by molar-refractivity contribution is 0.0231. The van der Waals surface area contributed by atoms with Gasteiger partial charge in [-0.25, -0.2) is 15.0 Å². The van der Waals surface area contributed by atoms with Crippen LogP contribution < -0.4 is 11.5 Å². The van der Waals surface area contributed by atoms with E-state index in [2.05, 4.69) is 15.0 Å². The Balaban J connectivity index is 2.11. The smallest absolute Gasteiger partial charge is 0.165 e. The second-order valence-electron chi connectivity index (χ2n) is 4.86. The van der Waals surface area contributed by atoms with E-state index < -0.39 is 12.2 Å². The van der Waals surface area contributed by atoms with Crippen LogP contribution in [-0.4, -0.2) is 48.5 Å². The highest BCUT2D eigenvalue weighted by atomic mass is 16.3. The Labute approximate surface area is 109 Å². The molecular formula is C11H16N6O2. The van der Waals surface area contributed by atoms with Gasteiger partial charge >= 0.3 is 0 Å². The van der Waals surface area contributed by atoms with E-state index in [1.807, 2.05) is 0 Å². The van der Waals surface area contributed by atoms with E-state index in [4.69, 9.17) is 11.5 Å². The summed E-state index contributed by atoms with van der Waals surface area (Å²) in [5, 5.41) is 19.9. The third kappa shape index (κ3) is 1.76. The zero-order valence-corrected chi connectivity index (χ0v) is 10.2. The normalized spacial score (nSPS) is 31.1. The molecule has 1 saturated carbocycles. The van der Waals surface area contributed by atoms with Gasteiger partial charge < -0.3 is 26.2 Å². The molecule has 0 saturated heterocycles. The Morgan fingerprint density at radius 3 is 2.84 bits per heavy atom. The molecule has 1 fully saturated rings. The molecule has 2 heterocycles. The number of aliphatic hydroxyl groups excluding tert-OH is 2. The molecule has 1 aliphatic rings. The van der Waals surface area contributed by atoms with Crippen molar-refractivity contribution in [2.24, 2.45) is 11.7 Å². The summed E-state index contributed by atoms with van der Waals surface area (Å²) in [4.78, 5) is 12.2. The average molecular weight is 264 g/mol. The lowest BCUT2D eigenvalue weighted by Gasteiger charge is -2.22. The molecule has 3 rings (SSSR count). The Hall–Kier alpha value is -1.77. The maximum absolute atomic E-state index is 10.1. The quantitative estimate of drug-likeness (QED) is 0.526. The first-order valence-corrected chi connectivity index (χ1v) is 6.12.